The van der Waals surface area contributed by atoms with E-state index in [0.29, 0.717) is 28.3 Å². The maximum Gasteiger partial charge on any atom is 0.354 e. The van der Waals surface area contributed by atoms with E-state index in [9.17, 15) is 4.79 Å². The van der Waals surface area contributed by atoms with Crippen molar-refractivity contribution in [2.24, 2.45) is 5.73 Å². The number of aryl methyl sites for hydroxylation is 2. The van der Waals surface area contributed by atoms with Crippen LogP contribution in [0.2, 0.25) is 5.02 Å². The molecular formula is C34H39ClFN7O. The van der Waals surface area contributed by atoms with Crippen LogP contribution in [0.15, 0.2) is 65.8 Å². The third kappa shape index (κ3) is 6.96. The molecule has 0 bridgehead atoms. The van der Waals surface area contributed by atoms with E-state index in [1.807, 2.05) is 37.5 Å². The highest BCUT2D eigenvalue weighted by atomic mass is 35.5. The quantitative estimate of drug-likeness (QED) is 0.131. The van der Waals surface area contributed by atoms with Gasteiger partial charge in [-0.15, -0.1) is 0 Å². The van der Waals surface area contributed by atoms with Crippen LogP contribution in [0, 0.1) is 5.82 Å². The molecule has 1 aliphatic heterocycles. The first-order valence-corrected chi connectivity index (χ1v) is 15.9. The van der Waals surface area contributed by atoms with Gasteiger partial charge in [0, 0.05) is 41.5 Å². The predicted octanol–water partition coefficient (Wildman–Crippen LogP) is 6.77. The smallest absolute Gasteiger partial charge is 0.339 e. The molecule has 1 aliphatic rings. The molecule has 2 aromatic carbocycles. The average Bonchev–Trinajstić information content (AvgIpc) is 3.68. The average molecular weight is 616 g/mol. The summed E-state index contributed by atoms with van der Waals surface area (Å²) >= 11 is 6.27. The SMILES string of the molecule is C[C@H](N)CCCc1cc(Cl)c(F)c(-c2cc3cn(-c4ccc([C@@H]5CCC[C@@H](CCCc6cn[nH]c6)N5)cc4)c(=O)nc3[nH]2)c1. The molecule has 5 aromatic rings. The van der Waals surface area contributed by atoms with E-state index in [1.165, 1.54) is 28.5 Å². The van der Waals surface area contributed by atoms with Gasteiger partial charge in [0.2, 0.25) is 0 Å². The van der Waals surface area contributed by atoms with Crippen LogP contribution in [0.5, 0.6) is 0 Å². The lowest BCUT2D eigenvalue weighted by Crippen LogP contribution is -2.36. The minimum atomic E-state index is -0.503. The molecule has 5 N–H and O–H groups in total. The Hall–Kier alpha value is -3.79. The van der Waals surface area contributed by atoms with Gasteiger partial charge in [-0.05, 0) is 105 Å². The van der Waals surface area contributed by atoms with Gasteiger partial charge in [-0.1, -0.05) is 30.2 Å². The molecule has 230 valence electrons. The summed E-state index contributed by atoms with van der Waals surface area (Å²) in [7, 11) is 0. The summed E-state index contributed by atoms with van der Waals surface area (Å²) in [5, 5.41) is 11.5. The van der Waals surface area contributed by atoms with Crippen molar-refractivity contribution in [2.75, 3.05) is 0 Å². The summed E-state index contributed by atoms with van der Waals surface area (Å²) in [6.07, 6.45) is 14.9. The van der Waals surface area contributed by atoms with Crippen molar-refractivity contribution in [1.29, 1.82) is 0 Å². The number of rotatable bonds is 11. The van der Waals surface area contributed by atoms with E-state index in [1.54, 1.807) is 18.3 Å². The number of hydrogen-bond donors (Lipinski definition) is 4. The van der Waals surface area contributed by atoms with Gasteiger partial charge in [0.25, 0.3) is 0 Å². The molecule has 3 atom stereocenters. The first-order valence-electron chi connectivity index (χ1n) is 15.5. The van der Waals surface area contributed by atoms with Crippen molar-refractivity contribution in [3.63, 3.8) is 0 Å². The topological polar surface area (TPSA) is 117 Å². The number of fused-ring (bicyclic) bond motifs is 1. The predicted molar refractivity (Wildman–Crippen MR) is 174 cm³/mol. The maximum atomic E-state index is 15.1. The van der Waals surface area contributed by atoms with E-state index in [4.69, 9.17) is 17.3 Å². The zero-order valence-electron chi connectivity index (χ0n) is 25.0. The Bertz CT molecular complexity index is 1760. The number of nitrogens with two attached hydrogens (primary N) is 1. The highest BCUT2D eigenvalue weighted by Gasteiger charge is 2.22. The van der Waals surface area contributed by atoms with Crippen LogP contribution in [-0.2, 0) is 12.8 Å². The van der Waals surface area contributed by atoms with Gasteiger partial charge in [-0.25, -0.2) is 9.18 Å². The Morgan fingerprint density at radius 2 is 1.93 bits per heavy atom. The van der Waals surface area contributed by atoms with Crippen molar-refractivity contribution >= 4 is 22.6 Å². The molecule has 1 saturated heterocycles. The maximum absolute atomic E-state index is 15.1. The molecule has 0 spiro atoms. The fourth-order valence-electron chi connectivity index (χ4n) is 6.28. The van der Waals surface area contributed by atoms with Gasteiger partial charge in [0.1, 0.15) is 5.65 Å². The van der Waals surface area contributed by atoms with E-state index >= 15 is 4.39 Å². The summed E-state index contributed by atoms with van der Waals surface area (Å²) in [6.45, 7) is 1.97. The zero-order valence-corrected chi connectivity index (χ0v) is 25.7. The molecule has 0 radical (unpaired) electrons. The lowest BCUT2D eigenvalue weighted by molar-refractivity contribution is 0.308. The largest absolute Gasteiger partial charge is 0.354 e. The van der Waals surface area contributed by atoms with E-state index in [2.05, 4.69) is 37.6 Å². The second-order valence-electron chi connectivity index (χ2n) is 12.1. The number of benzene rings is 2. The summed E-state index contributed by atoms with van der Waals surface area (Å²) in [6, 6.07) is 14.3. The van der Waals surface area contributed by atoms with Gasteiger partial charge in [0.05, 0.1) is 22.6 Å². The summed E-state index contributed by atoms with van der Waals surface area (Å²) < 4.78 is 16.7. The summed E-state index contributed by atoms with van der Waals surface area (Å²) in [5.41, 5.74) is 10.9. The number of hydrogen-bond acceptors (Lipinski definition) is 5. The van der Waals surface area contributed by atoms with Crippen LogP contribution in [0.1, 0.15) is 74.6 Å². The molecule has 0 aliphatic carbocycles. The molecule has 1 fully saturated rings. The van der Waals surface area contributed by atoms with Crippen molar-refractivity contribution < 1.29 is 4.39 Å². The van der Waals surface area contributed by atoms with Gasteiger partial charge in [0.15, 0.2) is 5.82 Å². The van der Waals surface area contributed by atoms with Crippen molar-refractivity contribution in [1.82, 2.24) is 30.0 Å². The molecule has 6 rings (SSSR count). The Morgan fingerprint density at radius 1 is 1.11 bits per heavy atom. The lowest BCUT2D eigenvalue weighted by atomic mass is 9.91. The highest BCUT2D eigenvalue weighted by Crippen LogP contribution is 2.32. The number of aromatic amines is 2. The van der Waals surface area contributed by atoms with Crippen LogP contribution in [-0.4, -0.2) is 36.8 Å². The summed E-state index contributed by atoms with van der Waals surface area (Å²) in [4.78, 5) is 20.4. The lowest BCUT2D eigenvalue weighted by Gasteiger charge is -2.31. The van der Waals surface area contributed by atoms with Crippen molar-refractivity contribution in [3.8, 4) is 16.9 Å². The van der Waals surface area contributed by atoms with E-state index in [0.717, 1.165) is 56.2 Å². The highest BCUT2D eigenvalue weighted by molar-refractivity contribution is 6.31. The first kappa shape index (κ1) is 30.2. The second kappa shape index (κ2) is 13.5. The Labute approximate surface area is 261 Å². The fraction of sp³-hybridized carbons (Fsp3) is 0.382. The second-order valence-corrected chi connectivity index (χ2v) is 12.5. The van der Waals surface area contributed by atoms with Crippen LogP contribution in [0.3, 0.4) is 0 Å². The van der Waals surface area contributed by atoms with Gasteiger partial charge in [-0.3, -0.25) is 9.67 Å². The monoisotopic (exact) mass is 615 g/mol. The first-order chi connectivity index (χ1) is 21.3. The molecule has 10 heteroatoms. The molecule has 8 nitrogen and oxygen atoms in total. The molecule has 4 heterocycles. The molecule has 44 heavy (non-hydrogen) atoms. The van der Waals surface area contributed by atoms with Crippen molar-refractivity contribution in [2.45, 2.75) is 82.8 Å². The zero-order chi connectivity index (χ0) is 30.6. The number of piperidine rings is 1. The number of nitrogens with zero attached hydrogens (tertiary/aromatic N) is 3. The Balaban J connectivity index is 1.17. The number of H-pyrrole nitrogens is 2. The standard InChI is InChI=1S/C34H39ClFN7O/c1-21(37)5-2-6-22-15-28(32(36)29(35)16-22)31-17-25-20-43(34(44)42-33(25)41-31)27-13-11-24(12-14-27)30-10-4-9-26(40-30)8-3-7-23-18-38-39-19-23/h11-21,26,30,40H,2-10,37H2,1H3,(H,38,39)(H,41,42,44)/t21-,26+,30-/m0/s1. The molecule has 0 saturated carbocycles. The van der Waals surface area contributed by atoms with E-state index in [-0.39, 0.29) is 17.1 Å². The number of halogens is 2. The number of aromatic nitrogens is 5. The molecular weight excluding hydrogens is 577 g/mol. The molecule has 3 aromatic heterocycles. The third-order valence-corrected chi connectivity index (χ3v) is 8.91. The Morgan fingerprint density at radius 3 is 2.70 bits per heavy atom. The minimum Gasteiger partial charge on any atom is -0.339 e. The molecule has 0 unspecified atom stereocenters. The van der Waals surface area contributed by atoms with Crippen LogP contribution in [0.25, 0.3) is 28.0 Å². The van der Waals surface area contributed by atoms with Crippen LogP contribution >= 0.6 is 11.6 Å². The number of nitrogens with one attached hydrogen (secondary N) is 3. The van der Waals surface area contributed by atoms with Gasteiger partial charge < -0.3 is 16.0 Å². The third-order valence-electron chi connectivity index (χ3n) is 8.64. The van der Waals surface area contributed by atoms with Gasteiger partial charge in [-0.2, -0.15) is 10.1 Å². The fourth-order valence-corrected chi connectivity index (χ4v) is 6.52. The molecule has 0 amide bonds. The normalized spacial score (nSPS) is 17.7. The Kier molecular flexibility index (Phi) is 9.25. The van der Waals surface area contributed by atoms with Crippen LogP contribution < -0.4 is 16.7 Å². The van der Waals surface area contributed by atoms with Gasteiger partial charge >= 0.3 is 5.69 Å². The summed E-state index contributed by atoms with van der Waals surface area (Å²) in [5.74, 6) is -0.503. The van der Waals surface area contributed by atoms with E-state index < -0.39 is 11.5 Å². The minimum absolute atomic E-state index is 0.0672. The van der Waals surface area contributed by atoms with Crippen molar-refractivity contribution in [3.05, 3.63) is 99.1 Å². The van der Waals surface area contributed by atoms with Crippen LogP contribution in [0.4, 0.5) is 4.39 Å².